The van der Waals surface area contributed by atoms with E-state index in [0.717, 1.165) is 39.0 Å². The number of carbonyl (C=O) groups is 2. The van der Waals surface area contributed by atoms with Crippen LogP contribution in [0.3, 0.4) is 0 Å². The van der Waals surface area contributed by atoms with Gasteiger partial charge in [-0.3, -0.25) is 14.5 Å². The predicted molar refractivity (Wildman–Crippen MR) is 81.0 cm³/mol. The van der Waals surface area contributed by atoms with Crippen LogP contribution < -0.4 is 0 Å². The van der Waals surface area contributed by atoms with Crippen LogP contribution in [-0.2, 0) is 9.59 Å². The second-order valence-electron chi connectivity index (χ2n) is 7.37. The van der Waals surface area contributed by atoms with Gasteiger partial charge >= 0.3 is 5.97 Å². The van der Waals surface area contributed by atoms with E-state index in [1.54, 1.807) is 0 Å². The highest BCUT2D eigenvalue weighted by atomic mass is 16.4. The van der Waals surface area contributed by atoms with Crippen LogP contribution in [0.1, 0.15) is 46.5 Å². The van der Waals surface area contributed by atoms with Crippen molar-refractivity contribution >= 4 is 11.9 Å². The van der Waals surface area contributed by atoms with E-state index in [2.05, 4.69) is 25.7 Å². The van der Waals surface area contributed by atoms with E-state index in [9.17, 15) is 9.59 Å². The largest absolute Gasteiger partial charge is 0.481 e. The Balaban J connectivity index is 1.82. The number of carboxylic acid groups (broad SMARTS) is 1. The van der Waals surface area contributed by atoms with Gasteiger partial charge in [0.2, 0.25) is 5.91 Å². The van der Waals surface area contributed by atoms with Crippen LogP contribution in [0, 0.1) is 11.8 Å². The number of aliphatic carboxylic acids is 1. The summed E-state index contributed by atoms with van der Waals surface area (Å²) in [5, 5.41) is 9.02. The molecule has 1 heterocycles. The van der Waals surface area contributed by atoms with Gasteiger partial charge in [0, 0.05) is 37.6 Å². The van der Waals surface area contributed by atoms with Crippen LogP contribution in [0.15, 0.2) is 0 Å². The lowest BCUT2D eigenvalue weighted by Crippen LogP contribution is -2.55. The topological polar surface area (TPSA) is 60.9 Å². The van der Waals surface area contributed by atoms with Crippen LogP contribution in [0.5, 0.6) is 0 Å². The SMILES string of the molecule is CC(C)(C)N1CCN(C(=O)C2CCC(C(=O)O)CC2)CC1. The maximum Gasteiger partial charge on any atom is 0.306 e. The average molecular weight is 296 g/mol. The van der Waals surface area contributed by atoms with Gasteiger partial charge in [-0.25, -0.2) is 0 Å². The Hall–Kier alpha value is -1.10. The zero-order valence-corrected chi connectivity index (χ0v) is 13.5. The molecule has 21 heavy (non-hydrogen) atoms. The Morgan fingerprint density at radius 3 is 1.81 bits per heavy atom. The first-order valence-corrected chi connectivity index (χ1v) is 8.05. The number of carbonyl (C=O) groups excluding carboxylic acids is 1. The minimum absolute atomic E-state index is 0.0433. The van der Waals surface area contributed by atoms with Crippen molar-refractivity contribution in [3.05, 3.63) is 0 Å². The Kier molecular flexibility index (Phi) is 4.91. The second kappa shape index (κ2) is 6.34. The summed E-state index contributed by atoms with van der Waals surface area (Å²) in [4.78, 5) is 27.9. The summed E-state index contributed by atoms with van der Waals surface area (Å²) in [7, 11) is 0. The molecule has 1 aliphatic carbocycles. The summed E-state index contributed by atoms with van der Waals surface area (Å²) < 4.78 is 0. The molecule has 1 saturated carbocycles. The summed E-state index contributed by atoms with van der Waals surface area (Å²) in [5.41, 5.74) is 0.161. The molecule has 0 aromatic heterocycles. The molecule has 0 unspecified atom stereocenters. The first-order valence-electron chi connectivity index (χ1n) is 8.05. The van der Waals surface area contributed by atoms with Gasteiger partial charge < -0.3 is 10.0 Å². The molecule has 1 amide bonds. The molecule has 2 aliphatic rings. The number of carboxylic acids is 1. The monoisotopic (exact) mass is 296 g/mol. The van der Waals surface area contributed by atoms with Crippen LogP contribution in [-0.4, -0.2) is 58.5 Å². The number of nitrogens with zero attached hydrogens (tertiary/aromatic N) is 2. The molecular formula is C16H28N2O3. The third kappa shape index (κ3) is 3.96. The molecule has 5 nitrogen and oxygen atoms in total. The van der Waals surface area contributed by atoms with E-state index < -0.39 is 5.97 Å². The van der Waals surface area contributed by atoms with E-state index in [0.29, 0.717) is 12.8 Å². The zero-order valence-electron chi connectivity index (χ0n) is 13.5. The fourth-order valence-corrected chi connectivity index (χ4v) is 3.44. The van der Waals surface area contributed by atoms with Gasteiger partial charge in [0.25, 0.3) is 0 Å². The molecule has 1 saturated heterocycles. The van der Waals surface area contributed by atoms with E-state index >= 15 is 0 Å². The van der Waals surface area contributed by atoms with Crippen molar-refractivity contribution in [2.75, 3.05) is 26.2 Å². The molecule has 2 fully saturated rings. The number of hydrogen-bond acceptors (Lipinski definition) is 3. The lowest BCUT2D eigenvalue weighted by Gasteiger charge is -2.43. The van der Waals surface area contributed by atoms with Crippen molar-refractivity contribution in [1.82, 2.24) is 9.80 Å². The Morgan fingerprint density at radius 2 is 1.38 bits per heavy atom. The van der Waals surface area contributed by atoms with Crippen molar-refractivity contribution in [2.24, 2.45) is 11.8 Å². The highest BCUT2D eigenvalue weighted by molar-refractivity contribution is 5.79. The molecule has 0 radical (unpaired) electrons. The standard InChI is InChI=1S/C16H28N2O3/c1-16(2,3)18-10-8-17(9-11-18)14(19)12-4-6-13(7-5-12)15(20)21/h12-13H,4-11H2,1-3H3,(H,20,21). The molecule has 120 valence electrons. The summed E-state index contributed by atoms with van der Waals surface area (Å²) in [6.45, 7) is 10.1. The average Bonchev–Trinajstić information content (AvgIpc) is 2.46. The maximum absolute atomic E-state index is 12.5. The van der Waals surface area contributed by atoms with Crippen LogP contribution in [0.25, 0.3) is 0 Å². The van der Waals surface area contributed by atoms with Crippen molar-refractivity contribution < 1.29 is 14.7 Å². The highest BCUT2D eigenvalue weighted by Gasteiger charge is 2.34. The lowest BCUT2D eigenvalue weighted by atomic mass is 9.81. The van der Waals surface area contributed by atoms with E-state index in [4.69, 9.17) is 5.11 Å². The number of piperazine rings is 1. The third-order valence-corrected chi connectivity index (χ3v) is 4.97. The third-order valence-electron chi connectivity index (χ3n) is 4.97. The van der Waals surface area contributed by atoms with Crippen LogP contribution in [0.4, 0.5) is 0 Å². The summed E-state index contributed by atoms with van der Waals surface area (Å²) in [6.07, 6.45) is 2.76. The van der Waals surface area contributed by atoms with Crippen molar-refractivity contribution in [1.29, 1.82) is 0 Å². The Morgan fingerprint density at radius 1 is 0.905 bits per heavy atom. The smallest absolute Gasteiger partial charge is 0.306 e. The molecule has 2 rings (SSSR count). The minimum atomic E-state index is -0.709. The molecule has 0 aromatic carbocycles. The first-order chi connectivity index (χ1) is 9.79. The van der Waals surface area contributed by atoms with E-state index in [1.807, 2.05) is 4.90 Å². The molecule has 1 N–H and O–H groups in total. The van der Waals surface area contributed by atoms with Crippen molar-refractivity contribution in [3.8, 4) is 0 Å². The van der Waals surface area contributed by atoms with Gasteiger partial charge in [-0.1, -0.05) is 0 Å². The number of amides is 1. The minimum Gasteiger partial charge on any atom is -0.481 e. The van der Waals surface area contributed by atoms with E-state index in [1.165, 1.54) is 0 Å². The van der Waals surface area contributed by atoms with Gasteiger partial charge in [0.15, 0.2) is 0 Å². The molecule has 0 bridgehead atoms. The summed E-state index contributed by atoms with van der Waals surface area (Å²) in [6, 6.07) is 0. The van der Waals surface area contributed by atoms with Gasteiger partial charge in [-0.05, 0) is 46.5 Å². The van der Waals surface area contributed by atoms with Gasteiger partial charge in [-0.2, -0.15) is 0 Å². The first kappa shape index (κ1) is 16.3. The Labute approximate surface area is 127 Å². The quantitative estimate of drug-likeness (QED) is 0.844. The molecule has 0 spiro atoms. The molecule has 0 aromatic rings. The molecule has 0 atom stereocenters. The van der Waals surface area contributed by atoms with Gasteiger partial charge in [-0.15, -0.1) is 0 Å². The number of rotatable bonds is 2. The van der Waals surface area contributed by atoms with Crippen LogP contribution >= 0.6 is 0 Å². The maximum atomic E-state index is 12.5. The summed E-state index contributed by atoms with van der Waals surface area (Å²) in [5.74, 6) is -0.666. The van der Waals surface area contributed by atoms with E-state index in [-0.39, 0.29) is 23.3 Å². The number of hydrogen-bond donors (Lipinski definition) is 1. The highest BCUT2D eigenvalue weighted by Crippen LogP contribution is 2.30. The van der Waals surface area contributed by atoms with Crippen molar-refractivity contribution in [2.45, 2.75) is 52.0 Å². The fraction of sp³-hybridized carbons (Fsp3) is 0.875. The van der Waals surface area contributed by atoms with Crippen molar-refractivity contribution in [3.63, 3.8) is 0 Å². The van der Waals surface area contributed by atoms with Crippen LogP contribution in [0.2, 0.25) is 0 Å². The summed E-state index contributed by atoms with van der Waals surface area (Å²) >= 11 is 0. The second-order valence-corrected chi connectivity index (χ2v) is 7.37. The normalized spacial score (nSPS) is 28.4. The predicted octanol–water partition coefficient (Wildman–Crippen LogP) is 1.82. The Bertz CT molecular complexity index is 387. The zero-order chi connectivity index (χ0) is 15.6. The molecular weight excluding hydrogens is 268 g/mol. The van der Waals surface area contributed by atoms with Gasteiger partial charge in [0.1, 0.15) is 0 Å². The molecule has 1 aliphatic heterocycles. The molecule has 5 heteroatoms. The fourth-order valence-electron chi connectivity index (χ4n) is 3.44. The lowest BCUT2D eigenvalue weighted by molar-refractivity contribution is -0.146. The van der Waals surface area contributed by atoms with Gasteiger partial charge in [0.05, 0.1) is 5.92 Å².